The van der Waals surface area contributed by atoms with Crippen molar-refractivity contribution < 1.29 is 19.1 Å². The summed E-state index contributed by atoms with van der Waals surface area (Å²) >= 11 is 0. The number of carbonyl (C=O) groups excluding carboxylic acids is 2. The molecule has 1 aliphatic carbocycles. The number of nitriles is 1. The Morgan fingerprint density at radius 3 is 1.91 bits per heavy atom. The van der Waals surface area contributed by atoms with Crippen molar-refractivity contribution in [2.45, 2.75) is 39.5 Å². The fourth-order valence-electron chi connectivity index (χ4n) is 4.42. The maximum Gasteiger partial charge on any atom is 0.336 e. The van der Waals surface area contributed by atoms with Crippen LogP contribution in [-0.2, 0) is 19.1 Å². The number of nitrogens with zero attached hydrogens (tertiary/aromatic N) is 1. The molecule has 2 aromatic carbocycles. The Hall–Kier alpha value is -3.59. The first-order chi connectivity index (χ1) is 15.3. The minimum atomic E-state index is -1.86. The van der Waals surface area contributed by atoms with Gasteiger partial charge < -0.3 is 15.2 Å². The summed E-state index contributed by atoms with van der Waals surface area (Å²) in [6.45, 7) is 7.51. The fraction of sp³-hybridized carbons (Fsp3) is 0.346. The highest BCUT2D eigenvalue weighted by molar-refractivity contribution is 5.98. The second-order valence-electron chi connectivity index (χ2n) is 7.96. The van der Waals surface area contributed by atoms with Crippen molar-refractivity contribution in [1.82, 2.24) is 0 Å². The maximum atomic E-state index is 13.3. The van der Waals surface area contributed by atoms with Gasteiger partial charge in [-0.15, -0.1) is 0 Å². The lowest BCUT2D eigenvalue weighted by Gasteiger charge is -2.32. The van der Waals surface area contributed by atoms with Gasteiger partial charge in [0.15, 0.2) is 0 Å². The predicted octanol–water partition coefficient (Wildman–Crippen LogP) is 4.03. The Balaban J connectivity index is 2.36. The molecule has 0 heterocycles. The third-order valence-corrected chi connectivity index (χ3v) is 5.97. The summed E-state index contributed by atoms with van der Waals surface area (Å²) in [5, 5.41) is 10.4. The van der Waals surface area contributed by atoms with E-state index in [1.54, 1.807) is 13.8 Å². The van der Waals surface area contributed by atoms with E-state index in [-0.39, 0.29) is 24.5 Å². The maximum absolute atomic E-state index is 13.3. The number of rotatable bonds is 6. The third kappa shape index (κ3) is 3.75. The van der Waals surface area contributed by atoms with E-state index in [1.165, 1.54) is 0 Å². The smallest absolute Gasteiger partial charge is 0.336 e. The molecule has 6 heteroatoms. The van der Waals surface area contributed by atoms with E-state index >= 15 is 0 Å². The number of esters is 2. The number of hydrogen-bond acceptors (Lipinski definition) is 6. The number of aryl methyl sites for hydroxylation is 2. The zero-order valence-electron chi connectivity index (χ0n) is 18.8. The second kappa shape index (κ2) is 9.27. The average molecular weight is 433 g/mol. The van der Waals surface area contributed by atoms with Crippen molar-refractivity contribution in [2.24, 2.45) is 11.1 Å². The van der Waals surface area contributed by atoms with Crippen molar-refractivity contribution in [1.29, 1.82) is 5.26 Å². The highest BCUT2D eigenvalue weighted by Gasteiger charge is 2.62. The first kappa shape index (κ1) is 23.1. The molecule has 2 aromatic rings. The lowest BCUT2D eigenvalue weighted by molar-refractivity contribution is -0.151. The predicted molar refractivity (Wildman–Crippen MR) is 120 cm³/mol. The Labute approximate surface area is 188 Å². The van der Waals surface area contributed by atoms with Crippen molar-refractivity contribution in [2.75, 3.05) is 13.2 Å². The van der Waals surface area contributed by atoms with E-state index in [1.807, 2.05) is 62.4 Å². The van der Waals surface area contributed by atoms with Crippen molar-refractivity contribution in [3.05, 3.63) is 82.1 Å². The zero-order valence-corrected chi connectivity index (χ0v) is 18.8. The van der Waals surface area contributed by atoms with Gasteiger partial charge in [-0.1, -0.05) is 59.7 Å². The number of hydrogen-bond donors (Lipinski definition) is 1. The topological polar surface area (TPSA) is 102 Å². The quantitative estimate of drug-likeness (QED) is 0.691. The minimum Gasteiger partial charge on any atom is -0.464 e. The Bertz CT molecular complexity index is 1080. The van der Waals surface area contributed by atoms with Gasteiger partial charge in [-0.25, -0.2) is 9.59 Å². The van der Waals surface area contributed by atoms with Crippen LogP contribution in [0.2, 0.25) is 0 Å². The third-order valence-electron chi connectivity index (χ3n) is 5.97. The largest absolute Gasteiger partial charge is 0.464 e. The normalized spacial score (nSPS) is 22.3. The number of carbonyl (C=O) groups is 2. The molecule has 3 rings (SSSR count). The molecule has 3 atom stereocenters. The molecule has 2 N–H and O–H groups in total. The molecule has 1 aliphatic rings. The van der Waals surface area contributed by atoms with E-state index < -0.39 is 29.2 Å². The molecule has 0 spiro atoms. The van der Waals surface area contributed by atoms with Crippen LogP contribution >= 0.6 is 0 Å². The summed E-state index contributed by atoms with van der Waals surface area (Å²) in [7, 11) is 0. The van der Waals surface area contributed by atoms with Crippen LogP contribution in [0.15, 0.2) is 59.8 Å². The number of ether oxygens (including phenoxy) is 2. The van der Waals surface area contributed by atoms with Crippen LogP contribution in [0.4, 0.5) is 0 Å². The van der Waals surface area contributed by atoms with E-state index in [4.69, 9.17) is 15.2 Å². The molecule has 0 aliphatic heterocycles. The lowest BCUT2D eigenvalue weighted by atomic mass is 9.68. The monoisotopic (exact) mass is 432 g/mol. The summed E-state index contributed by atoms with van der Waals surface area (Å²) in [5.41, 5.74) is 8.25. The highest BCUT2D eigenvalue weighted by atomic mass is 16.5. The van der Waals surface area contributed by atoms with Gasteiger partial charge in [-0.05, 0) is 38.8 Å². The van der Waals surface area contributed by atoms with Crippen LogP contribution < -0.4 is 5.73 Å². The molecule has 0 amide bonds. The van der Waals surface area contributed by atoms with E-state index in [0.717, 1.165) is 22.3 Å². The van der Waals surface area contributed by atoms with Crippen molar-refractivity contribution in [3.63, 3.8) is 0 Å². The van der Waals surface area contributed by atoms with Crippen molar-refractivity contribution >= 4 is 11.9 Å². The van der Waals surface area contributed by atoms with E-state index in [9.17, 15) is 14.9 Å². The average Bonchev–Trinajstić information content (AvgIpc) is 3.04. The van der Waals surface area contributed by atoms with Gasteiger partial charge in [0.1, 0.15) is 0 Å². The SMILES string of the molecule is CCOC(=O)C1=C(N)[C@@](C#N)(C(=O)OCC)[C@H](c2ccc(C)cc2)[C@H]1c1ccc(C)cc1. The highest BCUT2D eigenvalue weighted by Crippen LogP contribution is 2.59. The Morgan fingerprint density at radius 1 is 0.938 bits per heavy atom. The molecule has 0 saturated heterocycles. The van der Waals surface area contributed by atoms with Crippen LogP contribution in [0, 0.1) is 30.6 Å². The first-order valence-electron chi connectivity index (χ1n) is 10.7. The Morgan fingerprint density at radius 2 is 1.44 bits per heavy atom. The fourth-order valence-corrected chi connectivity index (χ4v) is 4.42. The summed E-state index contributed by atoms with van der Waals surface area (Å²) in [6.07, 6.45) is 0. The summed E-state index contributed by atoms with van der Waals surface area (Å²) in [6, 6.07) is 17.4. The molecule has 0 saturated carbocycles. The summed E-state index contributed by atoms with van der Waals surface area (Å²) in [5.74, 6) is -2.80. The molecule has 6 nitrogen and oxygen atoms in total. The summed E-state index contributed by atoms with van der Waals surface area (Å²) < 4.78 is 10.6. The molecule has 0 bridgehead atoms. The lowest BCUT2D eigenvalue weighted by Crippen LogP contribution is -2.40. The van der Waals surface area contributed by atoms with Gasteiger partial charge in [0, 0.05) is 11.8 Å². The van der Waals surface area contributed by atoms with Gasteiger partial charge in [0.25, 0.3) is 0 Å². The molecular formula is C26H28N2O4. The van der Waals surface area contributed by atoms with Crippen LogP contribution in [0.3, 0.4) is 0 Å². The van der Waals surface area contributed by atoms with Crippen molar-refractivity contribution in [3.8, 4) is 6.07 Å². The molecule has 0 aromatic heterocycles. The van der Waals surface area contributed by atoms with Gasteiger partial charge in [-0.3, -0.25) is 0 Å². The molecule has 166 valence electrons. The van der Waals surface area contributed by atoms with Gasteiger partial charge in [0.05, 0.1) is 30.6 Å². The van der Waals surface area contributed by atoms with E-state index in [2.05, 4.69) is 6.07 Å². The molecule has 0 fully saturated rings. The van der Waals surface area contributed by atoms with Gasteiger partial charge in [0.2, 0.25) is 5.41 Å². The van der Waals surface area contributed by atoms with Crippen LogP contribution in [-0.4, -0.2) is 25.2 Å². The van der Waals surface area contributed by atoms with E-state index in [0.29, 0.717) is 0 Å². The van der Waals surface area contributed by atoms with Crippen LogP contribution in [0.5, 0.6) is 0 Å². The molecule has 32 heavy (non-hydrogen) atoms. The molecule has 0 radical (unpaired) electrons. The first-order valence-corrected chi connectivity index (χ1v) is 10.7. The molecular weight excluding hydrogens is 404 g/mol. The summed E-state index contributed by atoms with van der Waals surface area (Å²) in [4.78, 5) is 26.4. The Kier molecular flexibility index (Phi) is 6.69. The zero-order chi connectivity index (χ0) is 23.5. The van der Waals surface area contributed by atoms with Gasteiger partial charge in [-0.2, -0.15) is 5.26 Å². The number of benzene rings is 2. The van der Waals surface area contributed by atoms with Crippen LogP contribution in [0.25, 0.3) is 0 Å². The molecule has 0 unspecified atom stereocenters. The standard InChI is InChI=1S/C26H28N2O4/c1-5-31-24(29)21-20(18-11-7-16(3)8-12-18)22(19-13-9-17(4)10-14-19)26(15-27,23(21)28)25(30)32-6-2/h7-14,20,22H,5-6,28H2,1-4H3/t20-,22+,26-/m0/s1. The second-order valence-corrected chi connectivity index (χ2v) is 7.96. The minimum absolute atomic E-state index is 0.0834. The van der Waals surface area contributed by atoms with Gasteiger partial charge >= 0.3 is 11.9 Å². The van der Waals surface area contributed by atoms with Crippen LogP contribution in [0.1, 0.15) is 47.9 Å². The number of nitrogens with two attached hydrogens (primary N) is 1.